The molecule has 1 amide bonds. The summed E-state index contributed by atoms with van der Waals surface area (Å²) < 4.78 is 0. The first kappa shape index (κ1) is 25.0. The number of benzene rings is 1. The molecule has 0 radical (unpaired) electrons. The summed E-state index contributed by atoms with van der Waals surface area (Å²) in [5.41, 5.74) is 7.82. The van der Waals surface area contributed by atoms with Crippen molar-refractivity contribution in [2.24, 2.45) is 11.7 Å². The number of hydrogen-bond acceptors (Lipinski definition) is 12. The van der Waals surface area contributed by atoms with E-state index in [1.165, 1.54) is 0 Å². The zero-order valence-corrected chi connectivity index (χ0v) is 21.2. The van der Waals surface area contributed by atoms with Crippen molar-refractivity contribution in [1.29, 1.82) is 0 Å². The van der Waals surface area contributed by atoms with Gasteiger partial charge in [-0.1, -0.05) is 35.6 Å². The minimum absolute atomic E-state index is 0.145. The van der Waals surface area contributed by atoms with Crippen LogP contribution in [-0.2, 0) is 11.3 Å². The van der Waals surface area contributed by atoms with Crippen molar-refractivity contribution >= 4 is 45.9 Å². The normalized spacial score (nSPS) is 15.3. The van der Waals surface area contributed by atoms with Gasteiger partial charge in [-0.25, -0.2) is 9.78 Å². The minimum Gasteiger partial charge on any atom is -0.477 e. The van der Waals surface area contributed by atoms with E-state index in [2.05, 4.69) is 46.2 Å². The van der Waals surface area contributed by atoms with Gasteiger partial charge in [0.05, 0.1) is 11.6 Å². The van der Waals surface area contributed by atoms with Crippen LogP contribution in [0.25, 0.3) is 11.4 Å². The van der Waals surface area contributed by atoms with Gasteiger partial charge >= 0.3 is 5.97 Å². The molecule has 1 aromatic carbocycles. The Labute approximate surface area is 220 Å². The van der Waals surface area contributed by atoms with Gasteiger partial charge in [0.25, 0.3) is 0 Å². The van der Waals surface area contributed by atoms with Crippen molar-refractivity contribution in [2.45, 2.75) is 26.3 Å². The maximum Gasteiger partial charge on any atom is 0.347 e. The van der Waals surface area contributed by atoms with Crippen molar-refractivity contribution < 1.29 is 14.7 Å². The molecule has 1 aliphatic rings. The Kier molecular flexibility index (Phi) is 7.08. The average Bonchev–Trinajstić information content (AvgIpc) is 3.58. The fourth-order valence-corrected chi connectivity index (χ4v) is 4.95. The van der Waals surface area contributed by atoms with Crippen molar-refractivity contribution in [2.75, 3.05) is 28.6 Å². The Morgan fingerprint density at radius 3 is 2.74 bits per heavy atom. The summed E-state index contributed by atoms with van der Waals surface area (Å²) in [5.74, 6) is 0.307. The van der Waals surface area contributed by atoms with Crippen LogP contribution in [-0.4, -0.2) is 65.6 Å². The number of primary amides is 1. The van der Waals surface area contributed by atoms with Crippen LogP contribution >= 0.6 is 11.3 Å². The fraction of sp³-hybridized carbons (Fsp3) is 0.304. The number of hydrogen-bond donors (Lipinski definition) is 5. The van der Waals surface area contributed by atoms with Gasteiger partial charge in [0.2, 0.25) is 17.7 Å². The summed E-state index contributed by atoms with van der Waals surface area (Å²) in [6.07, 6.45) is 1.55. The standard InChI is InChI=1S/C23H25N11O3S/c1-12-18(21(36)37)38-23(26-12)29-22-27-16(9-17(28-22)34-8-2-3-15(11-34)19(24)35)25-10-13-4-6-14(7-5-13)20-30-32-33-31-20/h4-7,9,15H,2-3,8,10-11H2,1H3,(H2,24,35)(H,36,37)(H,30,31,32,33)(H2,25,26,27,28,29). The summed E-state index contributed by atoms with van der Waals surface area (Å²) >= 11 is 1.01. The quantitative estimate of drug-likeness (QED) is 0.209. The number of carboxylic acid groups (broad SMARTS) is 1. The van der Waals surface area contributed by atoms with E-state index in [0.29, 0.717) is 41.4 Å². The molecule has 1 saturated heterocycles. The van der Waals surface area contributed by atoms with E-state index >= 15 is 0 Å². The highest BCUT2D eigenvalue weighted by Crippen LogP contribution is 2.28. The molecule has 0 spiro atoms. The summed E-state index contributed by atoms with van der Waals surface area (Å²) in [6, 6.07) is 9.53. The van der Waals surface area contributed by atoms with E-state index in [4.69, 9.17) is 5.73 Å². The molecule has 1 fully saturated rings. The van der Waals surface area contributed by atoms with E-state index in [9.17, 15) is 14.7 Å². The molecular formula is C23H25N11O3S. The Balaban J connectivity index is 1.38. The second-order valence-corrected chi connectivity index (χ2v) is 9.77. The number of carbonyl (C=O) groups excluding carboxylic acids is 1. The van der Waals surface area contributed by atoms with Crippen LogP contribution in [0.4, 0.5) is 22.7 Å². The molecule has 3 aromatic heterocycles. The smallest absolute Gasteiger partial charge is 0.347 e. The number of thiazole rings is 1. The number of tetrazole rings is 1. The Hall–Kier alpha value is -4.66. The fourth-order valence-electron chi connectivity index (χ4n) is 4.15. The van der Waals surface area contributed by atoms with Crippen LogP contribution in [0.5, 0.6) is 0 Å². The Bertz CT molecular complexity index is 1440. The van der Waals surface area contributed by atoms with E-state index in [-0.39, 0.29) is 22.7 Å². The summed E-state index contributed by atoms with van der Waals surface area (Å²) in [7, 11) is 0. The lowest BCUT2D eigenvalue weighted by atomic mass is 9.97. The number of nitrogens with two attached hydrogens (primary N) is 1. The molecule has 1 aliphatic heterocycles. The van der Waals surface area contributed by atoms with Crippen LogP contribution in [0.1, 0.15) is 33.8 Å². The highest BCUT2D eigenvalue weighted by Gasteiger charge is 2.26. The van der Waals surface area contributed by atoms with Crippen molar-refractivity contribution in [3.8, 4) is 11.4 Å². The molecule has 0 saturated carbocycles. The van der Waals surface area contributed by atoms with E-state index in [1.807, 2.05) is 35.2 Å². The predicted molar refractivity (Wildman–Crippen MR) is 140 cm³/mol. The highest BCUT2D eigenvalue weighted by atomic mass is 32.1. The van der Waals surface area contributed by atoms with Crippen molar-refractivity contribution in [3.05, 3.63) is 46.5 Å². The van der Waals surface area contributed by atoms with Crippen LogP contribution < -0.4 is 21.3 Å². The molecule has 0 bridgehead atoms. The van der Waals surface area contributed by atoms with Crippen molar-refractivity contribution in [3.63, 3.8) is 0 Å². The molecule has 6 N–H and O–H groups in total. The Morgan fingerprint density at radius 1 is 1.24 bits per heavy atom. The molecule has 15 heteroatoms. The predicted octanol–water partition coefficient (Wildman–Crippen LogP) is 2.18. The first-order chi connectivity index (χ1) is 18.4. The molecule has 0 aliphatic carbocycles. The van der Waals surface area contributed by atoms with Gasteiger partial charge in [-0.3, -0.25) is 10.1 Å². The maximum absolute atomic E-state index is 11.8. The molecule has 4 heterocycles. The highest BCUT2D eigenvalue weighted by molar-refractivity contribution is 7.17. The van der Waals surface area contributed by atoms with Gasteiger partial charge in [0.1, 0.15) is 16.5 Å². The first-order valence-electron chi connectivity index (χ1n) is 11.8. The van der Waals surface area contributed by atoms with Gasteiger partial charge in [-0.15, -0.1) is 10.2 Å². The molecule has 1 atom stereocenters. The number of aromatic carboxylic acids is 1. The number of aryl methyl sites for hydroxylation is 1. The largest absolute Gasteiger partial charge is 0.477 e. The minimum atomic E-state index is -1.04. The lowest BCUT2D eigenvalue weighted by Crippen LogP contribution is -2.41. The number of nitrogens with zero attached hydrogens (tertiary/aromatic N) is 7. The lowest BCUT2D eigenvalue weighted by Gasteiger charge is -2.32. The Morgan fingerprint density at radius 2 is 2.05 bits per heavy atom. The molecule has 5 rings (SSSR count). The third-order valence-corrected chi connectivity index (χ3v) is 7.16. The van der Waals surface area contributed by atoms with Gasteiger partial charge < -0.3 is 21.1 Å². The van der Waals surface area contributed by atoms with Crippen LogP contribution in [0.2, 0.25) is 0 Å². The number of carboxylic acids is 1. The number of nitrogens with one attached hydrogen (secondary N) is 3. The molecule has 38 heavy (non-hydrogen) atoms. The number of aromatic amines is 1. The number of piperidine rings is 1. The van der Waals surface area contributed by atoms with Crippen LogP contribution in [0, 0.1) is 12.8 Å². The van der Waals surface area contributed by atoms with E-state index < -0.39 is 5.97 Å². The maximum atomic E-state index is 11.8. The molecule has 196 valence electrons. The van der Waals surface area contributed by atoms with Crippen molar-refractivity contribution in [1.82, 2.24) is 35.6 Å². The number of carbonyl (C=O) groups is 2. The number of aromatic nitrogens is 7. The second kappa shape index (κ2) is 10.8. The number of rotatable bonds is 9. The van der Waals surface area contributed by atoms with Crippen LogP contribution in [0.15, 0.2) is 30.3 Å². The van der Waals surface area contributed by atoms with E-state index in [0.717, 1.165) is 41.9 Å². The van der Waals surface area contributed by atoms with Gasteiger partial charge in [0.15, 0.2) is 5.13 Å². The zero-order valence-electron chi connectivity index (χ0n) is 20.4. The van der Waals surface area contributed by atoms with Gasteiger partial charge in [0, 0.05) is 31.3 Å². The number of anilines is 4. The topological polar surface area (TPSA) is 201 Å². The zero-order chi connectivity index (χ0) is 26.6. The summed E-state index contributed by atoms with van der Waals surface area (Å²) in [6.45, 7) is 3.29. The number of H-pyrrole nitrogens is 1. The lowest BCUT2D eigenvalue weighted by molar-refractivity contribution is -0.122. The average molecular weight is 536 g/mol. The monoisotopic (exact) mass is 535 g/mol. The SMILES string of the molecule is Cc1nc(Nc2nc(NCc3ccc(-c4nn[nH]n4)cc3)cc(N3CCCC(C(N)=O)C3)n2)sc1C(=O)O. The van der Waals surface area contributed by atoms with Crippen LogP contribution in [0.3, 0.4) is 0 Å². The summed E-state index contributed by atoms with van der Waals surface area (Å²) in [4.78, 5) is 38.9. The molecule has 4 aromatic rings. The van der Waals surface area contributed by atoms with E-state index in [1.54, 1.807) is 6.92 Å². The van der Waals surface area contributed by atoms with Gasteiger partial charge in [-0.05, 0) is 30.5 Å². The van der Waals surface area contributed by atoms with Gasteiger partial charge in [-0.2, -0.15) is 15.2 Å². The molecular weight excluding hydrogens is 510 g/mol. The first-order valence-corrected chi connectivity index (χ1v) is 12.6. The third kappa shape index (κ3) is 5.67. The third-order valence-electron chi connectivity index (χ3n) is 6.10. The number of amides is 1. The molecule has 1 unspecified atom stereocenters. The second-order valence-electron chi connectivity index (χ2n) is 8.77. The summed E-state index contributed by atoms with van der Waals surface area (Å²) in [5, 5.41) is 30.1. The molecule has 14 nitrogen and oxygen atoms in total.